The van der Waals surface area contributed by atoms with Crippen molar-refractivity contribution in [3.8, 4) is 17.3 Å². The van der Waals surface area contributed by atoms with Crippen LogP contribution in [0.25, 0.3) is 11.4 Å². The molecule has 0 aromatic carbocycles. The van der Waals surface area contributed by atoms with Crippen LogP contribution in [-0.4, -0.2) is 57.7 Å². The minimum Gasteiger partial charge on any atom is -0.478 e. The van der Waals surface area contributed by atoms with Crippen LogP contribution in [0.2, 0.25) is 0 Å². The summed E-state index contributed by atoms with van der Waals surface area (Å²) in [6.07, 6.45) is 6.16. The van der Waals surface area contributed by atoms with Crippen molar-refractivity contribution in [2.24, 2.45) is 0 Å². The Kier molecular flexibility index (Phi) is 5.79. The first-order valence-corrected chi connectivity index (χ1v) is 10.0. The summed E-state index contributed by atoms with van der Waals surface area (Å²) in [5, 5.41) is 0. The van der Waals surface area contributed by atoms with Gasteiger partial charge in [-0.2, -0.15) is 4.98 Å². The Morgan fingerprint density at radius 1 is 0.897 bits per heavy atom. The number of hydrogen-bond donors (Lipinski definition) is 0. The topological polar surface area (TPSA) is 80.2 Å². The van der Waals surface area contributed by atoms with Crippen molar-refractivity contribution in [2.75, 3.05) is 42.6 Å². The van der Waals surface area contributed by atoms with E-state index in [1.54, 1.807) is 24.7 Å². The standard InChI is InChI=1S/C21H25N7O/c1-3-17-15-18(25-20(24-17)16-5-8-22-9-6-16)27-11-13-28(14-12-27)21-23-10-7-19(26-21)29-4-2/h5-10,15H,3-4,11-14H2,1-2H3. The highest BCUT2D eigenvalue weighted by Crippen LogP contribution is 2.22. The van der Waals surface area contributed by atoms with Gasteiger partial charge in [0.25, 0.3) is 0 Å². The van der Waals surface area contributed by atoms with Crippen LogP contribution in [0.4, 0.5) is 11.8 Å². The molecule has 4 rings (SSSR count). The van der Waals surface area contributed by atoms with Gasteiger partial charge in [-0.1, -0.05) is 6.92 Å². The fraction of sp³-hybridized carbons (Fsp3) is 0.381. The lowest BCUT2D eigenvalue weighted by Gasteiger charge is -2.35. The molecule has 4 heterocycles. The van der Waals surface area contributed by atoms with Crippen molar-refractivity contribution in [1.29, 1.82) is 0 Å². The smallest absolute Gasteiger partial charge is 0.228 e. The van der Waals surface area contributed by atoms with Crippen molar-refractivity contribution >= 4 is 11.8 Å². The highest BCUT2D eigenvalue weighted by molar-refractivity contribution is 5.57. The summed E-state index contributed by atoms with van der Waals surface area (Å²) in [4.78, 5) is 27.0. The molecular formula is C21H25N7O. The molecule has 0 radical (unpaired) electrons. The average molecular weight is 391 g/mol. The SMILES string of the molecule is CCOc1ccnc(N2CCN(c3cc(CC)nc(-c4ccncc4)n3)CC2)n1. The molecule has 1 aliphatic heterocycles. The van der Waals surface area contributed by atoms with Crippen molar-refractivity contribution in [3.05, 3.63) is 48.5 Å². The van der Waals surface area contributed by atoms with E-state index >= 15 is 0 Å². The predicted molar refractivity (Wildman–Crippen MR) is 112 cm³/mol. The summed E-state index contributed by atoms with van der Waals surface area (Å²) in [6, 6.07) is 7.77. The first-order valence-electron chi connectivity index (χ1n) is 10.0. The van der Waals surface area contributed by atoms with Gasteiger partial charge in [-0.25, -0.2) is 15.0 Å². The van der Waals surface area contributed by atoms with Gasteiger partial charge in [0.05, 0.1) is 6.61 Å². The van der Waals surface area contributed by atoms with Gasteiger partial charge in [0.2, 0.25) is 11.8 Å². The van der Waals surface area contributed by atoms with Crippen LogP contribution in [0.15, 0.2) is 42.9 Å². The second kappa shape index (κ2) is 8.81. The fourth-order valence-electron chi connectivity index (χ4n) is 3.30. The molecular weight excluding hydrogens is 366 g/mol. The molecule has 0 unspecified atom stereocenters. The summed E-state index contributed by atoms with van der Waals surface area (Å²) in [5.74, 6) is 3.04. The molecule has 8 nitrogen and oxygen atoms in total. The normalized spacial score (nSPS) is 14.1. The third kappa shape index (κ3) is 4.42. The van der Waals surface area contributed by atoms with E-state index in [9.17, 15) is 0 Å². The van der Waals surface area contributed by atoms with Crippen LogP contribution in [0.5, 0.6) is 5.88 Å². The third-order valence-corrected chi connectivity index (χ3v) is 4.86. The van der Waals surface area contributed by atoms with Crippen molar-refractivity contribution < 1.29 is 4.74 Å². The van der Waals surface area contributed by atoms with E-state index < -0.39 is 0 Å². The highest BCUT2D eigenvalue weighted by Gasteiger charge is 2.21. The van der Waals surface area contributed by atoms with Crippen LogP contribution >= 0.6 is 0 Å². The number of pyridine rings is 1. The molecule has 0 aliphatic carbocycles. The van der Waals surface area contributed by atoms with Crippen molar-refractivity contribution in [3.63, 3.8) is 0 Å². The van der Waals surface area contributed by atoms with E-state index in [0.717, 1.165) is 55.5 Å². The van der Waals surface area contributed by atoms with E-state index in [2.05, 4.69) is 37.7 Å². The van der Waals surface area contributed by atoms with E-state index in [-0.39, 0.29) is 0 Å². The molecule has 3 aromatic rings. The zero-order chi connectivity index (χ0) is 20.1. The lowest BCUT2D eigenvalue weighted by Crippen LogP contribution is -2.47. The van der Waals surface area contributed by atoms with E-state index in [1.807, 2.05) is 19.1 Å². The Morgan fingerprint density at radius 3 is 2.38 bits per heavy atom. The number of anilines is 2. The zero-order valence-electron chi connectivity index (χ0n) is 16.8. The zero-order valence-corrected chi connectivity index (χ0v) is 16.8. The van der Waals surface area contributed by atoms with Crippen LogP contribution in [0, 0.1) is 0 Å². The second-order valence-corrected chi connectivity index (χ2v) is 6.73. The number of nitrogens with zero attached hydrogens (tertiary/aromatic N) is 7. The Labute approximate surface area is 170 Å². The quantitative estimate of drug-likeness (QED) is 0.634. The van der Waals surface area contributed by atoms with E-state index in [1.165, 1.54) is 0 Å². The summed E-state index contributed by atoms with van der Waals surface area (Å²) in [6.45, 7) is 8.00. The Hall–Kier alpha value is -3.29. The fourth-order valence-corrected chi connectivity index (χ4v) is 3.30. The monoisotopic (exact) mass is 391 g/mol. The lowest BCUT2D eigenvalue weighted by molar-refractivity contribution is 0.326. The molecule has 0 spiro atoms. The molecule has 1 fully saturated rings. The highest BCUT2D eigenvalue weighted by atomic mass is 16.5. The van der Waals surface area contributed by atoms with Crippen molar-refractivity contribution in [2.45, 2.75) is 20.3 Å². The maximum Gasteiger partial charge on any atom is 0.228 e. The molecule has 8 heteroatoms. The van der Waals surface area contributed by atoms with Crippen LogP contribution in [0.3, 0.4) is 0 Å². The molecule has 0 atom stereocenters. The molecule has 150 valence electrons. The molecule has 0 saturated carbocycles. The summed E-state index contributed by atoms with van der Waals surface area (Å²) in [7, 11) is 0. The number of aromatic nitrogens is 5. The van der Waals surface area contributed by atoms with Crippen LogP contribution < -0.4 is 14.5 Å². The molecule has 0 N–H and O–H groups in total. The molecule has 0 bridgehead atoms. The van der Waals surface area contributed by atoms with Gasteiger partial charge in [-0.3, -0.25) is 4.98 Å². The second-order valence-electron chi connectivity index (χ2n) is 6.73. The minimum absolute atomic E-state index is 0.595. The molecule has 1 saturated heterocycles. The van der Waals surface area contributed by atoms with Gasteiger partial charge in [0.1, 0.15) is 5.82 Å². The van der Waals surface area contributed by atoms with Gasteiger partial charge < -0.3 is 14.5 Å². The van der Waals surface area contributed by atoms with Gasteiger partial charge in [-0.05, 0) is 25.5 Å². The minimum atomic E-state index is 0.595. The largest absolute Gasteiger partial charge is 0.478 e. The molecule has 1 aliphatic rings. The van der Waals surface area contributed by atoms with Gasteiger partial charge in [-0.15, -0.1) is 0 Å². The number of hydrogen-bond acceptors (Lipinski definition) is 8. The van der Waals surface area contributed by atoms with E-state index in [4.69, 9.17) is 14.7 Å². The number of aryl methyl sites for hydroxylation is 1. The Bertz CT molecular complexity index is 943. The predicted octanol–water partition coefficient (Wildman–Crippen LogP) is 2.62. The van der Waals surface area contributed by atoms with Gasteiger partial charge in [0, 0.05) is 68.2 Å². The number of piperazine rings is 1. The lowest BCUT2D eigenvalue weighted by atomic mass is 10.2. The summed E-state index contributed by atoms with van der Waals surface area (Å²) >= 11 is 0. The maximum atomic E-state index is 5.50. The van der Waals surface area contributed by atoms with Gasteiger partial charge in [0.15, 0.2) is 5.82 Å². The number of ether oxygens (including phenoxy) is 1. The first kappa shape index (κ1) is 19.0. The number of rotatable bonds is 6. The Balaban J connectivity index is 1.50. The van der Waals surface area contributed by atoms with Crippen LogP contribution in [-0.2, 0) is 6.42 Å². The maximum absolute atomic E-state index is 5.50. The third-order valence-electron chi connectivity index (χ3n) is 4.86. The average Bonchev–Trinajstić information content (AvgIpc) is 2.80. The summed E-state index contributed by atoms with van der Waals surface area (Å²) in [5.41, 5.74) is 2.02. The van der Waals surface area contributed by atoms with Gasteiger partial charge >= 0.3 is 0 Å². The molecule has 29 heavy (non-hydrogen) atoms. The molecule has 3 aromatic heterocycles. The summed E-state index contributed by atoms with van der Waals surface area (Å²) < 4.78 is 5.50. The van der Waals surface area contributed by atoms with E-state index in [0.29, 0.717) is 18.4 Å². The first-order chi connectivity index (χ1) is 14.3. The molecule has 0 amide bonds. The Morgan fingerprint density at radius 2 is 1.66 bits per heavy atom. The van der Waals surface area contributed by atoms with Crippen LogP contribution in [0.1, 0.15) is 19.5 Å². The van der Waals surface area contributed by atoms with Crippen molar-refractivity contribution in [1.82, 2.24) is 24.9 Å².